The van der Waals surface area contributed by atoms with Gasteiger partial charge in [0.2, 0.25) is 0 Å². The average Bonchev–Trinajstić information content (AvgIpc) is 1.99. The average molecular weight is 236 g/mol. The molecule has 0 bridgehead atoms. The summed E-state index contributed by atoms with van der Waals surface area (Å²) in [6, 6.07) is 0. The molecule has 0 saturated carbocycles. The van der Waals surface area contributed by atoms with Crippen LogP contribution in [0.2, 0.25) is 5.15 Å². The summed E-state index contributed by atoms with van der Waals surface area (Å²) >= 11 is 9.05. The first-order valence-electron chi connectivity index (χ1n) is 3.25. The molecule has 2 N–H and O–H groups in total. The fourth-order valence-corrected chi connectivity index (χ4v) is 1.63. The number of rotatable bonds is 1. The minimum atomic E-state index is 0.380. The summed E-state index contributed by atoms with van der Waals surface area (Å²) in [6.07, 6.45) is 2.52. The quantitative estimate of drug-likeness (QED) is 0.760. The molecule has 1 heterocycles. The number of nitrogen functional groups attached to an aromatic ring is 1. The van der Waals surface area contributed by atoms with Crippen molar-refractivity contribution >= 4 is 33.2 Å². The Labute approximate surface area is 78.9 Å². The normalized spacial score (nSPS) is 10.1. The Morgan fingerprint density at radius 3 is 2.82 bits per heavy atom. The van der Waals surface area contributed by atoms with E-state index in [0.717, 1.165) is 16.5 Å². The molecular formula is C7H8BrClN2. The Morgan fingerprint density at radius 2 is 2.36 bits per heavy atom. The molecule has 0 spiro atoms. The maximum absolute atomic E-state index is 5.71. The molecule has 60 valence electrons. The van der Waals surface area contributed by atoms with Crippen LogP contribution in [0.15, 0.2) is 10.7 Å². The molecule has 1 aromatic heterocycles. The molecule has 0 amide bonds. The SMILES string of the molecule is CCc1c(Br)cnc(Cl)c1N. The highest BCUT2D eigenvalue weighted by Gasteiger charge is 2.06. The largest absolute Gasteiger partial charge is 0.396 e. The van der Waals surface area contributed by atoms with E-state index in [-0.39, 0.29) is 0 Å². The minimum absolute atomic E-state index is 0.380. The van der Waals surface area contributed by atoms with E-state index >= 15 is 0 Å². The number of halogens is 2. The monoisotopic (exact) mass is 234 g/mol. The van der Waals surface area contributed by atoms with E-state index in [1.54, 1.807) is 6.20 Å². The zero-order valence-corrected chi connectivity index (χ0v) is 8.41. The van der Waals surface area contributed by atoms with E-state index in [4.69, 9.17) is 17.3 Å². The van der Waals surface area contributed by atoms with Gasteiger partial charge in [-0.3, -0.25) is 0 Å². The molecule has 1 rings (SSSR count). The topological polar surface area (TPSA) is 38.9 Å². The van der Waals surface area contributed by atoms with Crippen molar-refractivity contribution in [3.63, 3.8) is 0 Å². The van der Waals surface area contributed by atoms with Crippen molar-refractivity contribution in [1.29, 1.82) is 0 Å². The van der Waals surface area contributed by atoms with Crippen LogP contribution in [0, 0.1) is 0 Å². The summed E-state index contributed by atoms with van der Waals surface area (Å²) < 4.78 is 0.918. The van der Waals surface area contributed by atoms with E-state index in [1.807, 2.05) is 6.92 Å². The highest BCUT2D eigenvalue weighted by molar-refractivity contribution is 9.10. The number of nitrogens with zero attached hydrogens (tertiary/aromatic N) is 1. The summed E-state index contributed by atoms with van der Waals surface area (Å²) in [5, 5.41) is 0.380. The van der Waals surface area contributed by atoms with Gasteiger partial charge in [-0.1, -0.05) is 18.5 Å². The minimum Gasteiger partial charge on any atom is -0.396 e. The second-order valence-electron chi connectivity index (χ2n) is 2.14. The van der Waals surface area contributed by atoms with Crippen LogP contribution in [0.25, 0.3) is 0 Å². The summed E-state index contributed by atoms with van der Waals surface area (Å²) in [7, 11) is 0. The maximum Gasteiger partial charge on any atom is 0.152 e. The molecule has 11 heavy (non-hydrogen) atoms. The molecule has 0 unspecified atom stereocenters. The van der Waals surface area contributed by atoms with E-state index in [0.29, 0.717) is 10.8 Å². The lowest BCUT2D eigenvalue weighted by Crippen LogP contribution is -1.96. The predicted molar refractivity (Wildman–Crippen MR) is 50.7 cm³/mol. The third kappa shape index (κ3) is 1.65. The molecule has 0 aliphatic heterocycles. The van der Waals surface area contributed by atoms with E-state index in [1.165, 1.54) is 0 Å². The van der Waals surface area contributed by atoms with Crippen LogP contribution in [-0.2, 0) is 6.42 Å². The van der Waals surface area contributed by atoms with Crippen LogP contribution in [0.4, 0.5) is 5.69 Å². The van der Waals surface area contributed by atoms with Gasteiger partial charge in [0.05, 0.1) is 5.69 Å². The van der Waals surface area contributed by atoms with Crippen molar-refractivity contribution in [2.45, 2.75) is 13.3 Å². The molecule has 0 atom stereocenters. The first-order chi connectivity index (χ1) is 5.16. The fraction of sp³-hybridized carbons (Fsp3) is 0.286. The molecule has 0 radical (unpaired) electrons. The zero-order valence-electron chi connectivity index (χ0n) is 6.06. The van der Waals surface area contributed by atoms with Crippen LogP contribution >= 0.6 is 27.5 Å². The number of anilines is 1. The lowest BCUT2D eigenvalue weighted by atomic mass is 10.2. The number of pyridine rings is 1. The molecule has 0 aromatic carbocycles. The summed E-state index contributed by atoms with van der Waals surface area (Å²) in [5.74, 6) is 0. The van der Waals surface area contributed by atoms with Gasteiger partial charge < -0.3 is 5.73 Å². The van der Waals surface area contributed by atoms with Crippen LogP contribution in [-0.4, -0.2) is 4.98 Å². The van der Waals surface area contributed by atoms with Crippen molar-refractivity contribution in [3.8, 4) is 0 Å². The lowest BCUT2D eigenvalue weighted by molar-refractivity contribution is 1.11. The molecule has 0 fully saturated rings. The smallest absolute Gasteiger partial charge is 0.152 e. The molecule has 0 saturated heterocycles. The van der Waals surface area contributed by atoms with Gasteiger partial charge in [0.25, 0.3) is 0 Å². The molecular weight excluding hydrogens is 227 g/mol. The Kier molecular flexibility index (Phi) is 2.73. The van der Waals surface area contributed by atoms with Crippen LogP contribution in [0.1, 0.15) is 12.5 Å². The first kappa shape index (κ1) is 8.81. The Balaban J connectivity index is 3.29. The van der Waals surface area contributed by atoms with Crippen LogP contribution in [0.3, 0.4) is 0 Å². The van der Waals surface area contributed by atoms with Gasteiger partial charge in [0, 0.05) is 10.7 Å². The molecule has 4 heteroatoms. The maximum atomic E-state index is 5.71. The van der Waals surface area contributed by atoms with Crippen LogP contribution in [0.5, 0.6) is 0 Å². The Morgan fingerprint density at radius 1 is 1.73 bits per heavy atom. The molecule has 1 aromatic rings. The molecule has 0 aliphatic rings. The van der Waals surface area contributed by atoms with Gasteiger partial charge in [-0.15, -0.1) is 0 Å². The van der Waals surface area contributed by atoms with Gasteiger partial charge in [-0.2, -0.15) is 0 Å². The van der Waals surface area contributed by atoms with Gasteiger partial charge in [-0.05, 0) is 27.9 Å². The zero-order chi connectivity index (χ0) is 8.43. The number of hydrogen-bond acceptors (Lipinski definition) is 2. The van der Waals surface area contributed by atoms with Gasteiger partial charge in [0.1, 0.15) is 0 Å². The van der Waals surface area contributed by atoms with Gasteiger partial charge >= 0.3 is 0 Å². The van der Waals surface area contributed by atoms with Crippen molar-refractivity contribution in [1.82, 2.24) is 4.98 Å². The third-order valence-electron chi connectivity index (χ3n) is 1.48. The summed E-state index contributed by atoms with van der Waals surface area (Å²) in [4.78, 5) is 3.88. The van der Waals surface area contributed by atoms with Crippen LogP contribution < -0.4 is 5.73 Å². The highest BCUT2D eigenvalue weighted by Crippen LogP contribution is 2.27. The Hall–Kier alpha value is -0.280. The molecule has 0 aliphatic carbocycles. The van der Waals surface area contributed by atoms with E-state index in [9.17, 15) is 0 Å². The summed E-state index contributed by atoms with van der Waals surface area (Å²) in [6.45, 7) is 2.02. The lowest BCUT2D eigenvalue weighted by Gasteiger charge is -2.05. The third-order valence-corrected chi connectivity index (χ3v) is 2.47. The Bertz CT molecular complexity index is 275. The second kappa shape index (κ2) is 3.41. The number of nitrogens with two attached hydrogens (primary N) is 1. The van der Waals surface area contributed by atoms with E-state index < -0.39 is 0 Å². The second-order valence-corrected chi connectivity index (χ2v) is 3.36. The summed E-state index contributed by atoms with van der Waals surface area (Å²) in [5.41, 5.74) is 7.26. The van der Waals surface area contributed by atoms with Gasteiger partial charge in [0.15, 0.2) is 5.15 Å². The van der Waals surface area contributed by atoms with E-state index in [2.05, 4.69) is 20.9 Å². The van der Waals surface area contributed by atoms with Crippen molar-refractivity contribution in [2.75, 3.05) is 5.73 Å². The molecule has 2 nitrogen and oxygen atoms in total. The number of aromatic nitrogens is 1. The fourth-order valence-electron chi connectivity index (χ4n) is 0.873. The van der Waals surface area contributed by atoms with Crippen molar-refractivity contribution in [2.24, 2.45) is 0 Å². The standard InChI is InChI=1S/C7H8BrClN2/c1-2-4-5(8)3-11-7(9)6(4)10/h3H,2,10H2,1H3. The van der Waals surface area contributed by atoms with Gasteiger partial charge in [-0.25, -0.2) is 4.98 Å². The highest BCUT2D eigenvalue weighted by atomic mass is 79.9. The van der Waals surface area contributed by atoms with Crippen molar-refractivity contribution in [3.05, 3.63) is 21.4 Å². The van der Waals surface area contributed by atoms with Crippen molar-refractivity contribution < 1.29 is 0 Å². The first-order valence-corrected chi connectivity index (χ1v) is 4.42. The predicted octanol–water partition coefficient (Wildman–Crippen LogP) is 2.64. The number of hydrogen-bond donors (Lipinski definition) is 1.